The highest BCUT2D eigenvalue weighted by atomic mass is 35.5. The van der Waals surface area contributed by atoms with E-state index >= 15 is 0 Å². The van der Waals surface area contributed by atoms with Crippen molar-refractivity contribution in [2.75, 3.05) is 18.0 Å². The van der Waals surface area contributed by atoms with Gasteiger partial charge in [0.25, 0.3) is 0 Å². The molecule has 0 aliphatic carbocycles. The highest BCUT2D eigenvalue weighted by Crippen LogP contribution is 2.33. The minimum Gasteiger partial charge on any atom is -0.356 e. The van der Waals surface area contributed by atoms with Gasteiger partial charge in [0, 0.05) is 31.7 Å². The maximum atomic E-state index is 5.98. The van der Waals surface area contributed by atoms with Crippen molar-refractivity contribution in [1.82, 2.24) is 14.6 Å². The van der Waals surface area contributed by atoms with Crippen molar-refractivity contribution in [3.63, 3.8) is 0 Å². The molecule has 0 radical (unpaired) electrons. The molecule has 1 fully saturated rings. The van der Waals surface area contributed by atoms with Crippen LogP contribution in [0.4, 0.5) is 5.82 Å². The maximum absolute atomic E-state index is 5.98. The second-order valence-electron chi connectivity index (χ2n) is 4.34. The summed E-state index contributed by atoms with van der Waals surface area (Å²) in [6.07, 6.45) is 2.50. The maximum Gasteiger partial charge on any atom is 0.224 e. The van der Waals surface area contributed by atoms with Gasteiger partial charge in [0.1, 0.15) is 5.82 Å². The Morgan fingerprint density at radius 1 is 1.00 bits per heavy atom. The molecule has 1 atom stereocenters. The summed E-state index contributed by atoms with van der Waals surface area (Å²) in [4.78, 5) is 11.0. The van der Waals surface area contributed by atoms with E-state index in [1.54, 1.807) is 0 Å². The van der Waals surface area contributed by atoms with Gasteiger partial charge in [-0.05, 0) is 24.4 Å². The van der Waals surface area contributed by atoms with Crippen molar-refractivity contribution in [1.29, 1.82) is 0 Å². The molecular weight excluding hydrogens is 291 g/mol. The Balaban J connectivity index is 0.000000461. The zero-order valence-electron chi connectivity index (χ0n) is 13.0. The van der Waals surface area contributed by atoms with Crippen molar-refractivity contribution in [3.8, 4) is 0 Å². The first-order chi connectivity index (χ1) is 9.74. The SMILES string of the molecule is CC.CC.PN1Cc2nc(Cl)nc(N3CCCC3)c2C1. The molecule has 0 aromatic carbocycles. The van der Waals surface area contributed by atoms with Gasteiger partial charge in [0.05, 0.1) is 5.69 Å². The van der Waals surface area contributed by atoms with Crippen LogP contribution in [0, 0.1) is 0 Å². The van der Waals surface area contributed by atoms with Gasteiger partial charge in [-0.2, -0.15) is 0 Å². The summed E-state index contributed by atoms with van der Waals surface area (Å²) >= 11 is 5.98. The summed E-state index contributed by atoms with van der Waals surface area (Å²) < 4.78 is 2.16. The van der Waals surface area contributed by atoms with Crippen LogP contribution in [0.3, 0.4) is 0 Å². The second kappa shape index (κ2) is 8.76. The first kappa shape index (κ1) is 17.6. The summed E-state index contributed by atoms with van der Waals surface area (Å²) in [7, 11) is 2.72. The third kappa shape index (κ3) is 4.03. The standard InChI is InChI=1S/C10H14ClN4P.2C2H6/c11-10-12-8-6-15(16)5-7(8)9(13-10)14-3-1-2-4-14;2*1-2/h1-6,16H2;2*1-2H3. The third-order valence-corrected chi connectivity index (χ3v) is 3.70. The van der Waals surface area contributed by atoms with Gasteiger partial charge in [-0.15, -0.1) is 0 Å². The van der Waals surface area contributed by atoms with Crippen LogP contribution in [0.2, 0.25) is 5.28 Å². The fourth-order valence-electron chi connectivity index (χ4n) is 2.42. The van der Waals surface area contributed by atoms with E-state index < -0.39 is 0 Å². The predicted molar refractivity (Wildman–Crippen MR) is 90.1 cm³/mol. The average molecular weight is 317 g/mol. The highest BCUT2D eigenvalue weighted by Gasteiger charge is 2.26. The van der Waals surface area contributed by atoms with Crippen LogP contribution in [0.25, 0.3) is 0 Å². The lowest BCUT2D eigenvalue weighted by Gasteiger charge is -2.19. The van der Waals surface area contributed by atoms with Gasteiger partial charge >= 0.3 is 0 Å². The van der Waals surface area contributed by atoms with Crippen LogP contribution in [-0.2, 0) is 13.1 Å². The zero-order chi connectivity index (χ0) is 15.1. The molecule has 6 heteroatoms. The summed E-state index contributed by atoms with van der Waals surface area (Å²) in [5.74, 6) is 1.05. The van der Waals surface area contributed by atoms with Gasteiger partial charge in [-0.3, -0.25) is 4.67 Å². The van der Waals surface area contributed by atoms with E-state index in [-0.39, 0.29) is 0 Å². The van der Waals surface area contributed by atoms with Crippen molar-refractivity contribution in [3.05, 3.63) is 16.5 Å². The predicted octanol–water partition coefficient (Wildman–Crippen LogP) is 3.89. The van der Waals surface area contributed by atoms with Crippen molar-refractivity contribution in [2.45, 2.75) is 53.6 Å². The summed E-state index contributed by atoms with van der Waals surface area (Å²) in [6, 6.07) is 0. The van der Waals surface area contributed by atoms with Crippen LogP contribution in [0.15, 0.2) is 0 Å². The lowest BCUT2D eigenvalue weighted by Crippen LogP contribution is -2.21. The van der Waals surface area contributed by atoms with Crippen LogP contribution >= 0.6 is 21.0 Å². The molecular formula is C14H26ClN4P. The molecule has 0 N–H and O–H groups in total. The fourth-order valence-corrected chi connectivity index (χ4v) is 2.96. The molecule has 114 valence electrons. The number of aromatic nitrogens is 2. The summed E-state index contributed by atoms with van der Waals surface area (Å²) in [6.45, 7) is 11.9. The molecule has 1 aromatic rings. The molecule has 4 nitrogen and oxygen atoms in total. The molecule has 1 aromatic heterocycles. The second-order valence-corrected chi connectivity index (χ2v) is 5.41. The van der Waals surface area contributed by atoms with Crippen molar-refractivity contribution >= 4 is 26.8 Å². The number of fused-ring (bicyclic) bond motifs is 1. The zero-order valence-corrected chi connectivity index (χ0v) is 14.9. The Kier molecular flexibility index (Phi) is 7.71. The number of halogens is 1. The van der Waals surface area contributed by atoms with Crippen LogP contribution in [0.5, 0.6) is 0 Å². The molecule has 0 spiro atoms. The van der Waals surface area contributed by atoms with E-state index in [1.807, 2.05) is 27.7 Å². The van der Waals surface area contributed by atoms with Crippen LogP contribution < -0.4 is 4.90 Å². The number of hydrogen-bond acceptors (Lipinski definition) is 4. The first-order valence-electron chi connectivity index (χ1n) is 7.54. The quantitative estimate of drug-likeness (QED) is 0.581. The van der Waals surface area contributed by atoms with E-state index in [4.69, 9.17) is 11.6 Å². The van der Waals surface area contributed by atoms with Crippen LogP contribution in [0.1, 0.15) is 51.8 Å². The number of hydrogen-bond donors (Lipinski definition) is 0. The Hall–Kier alpha value is -0.440. The molecule has 20 heavy (non-hydrogen) atoms. The molecule has 2 aliphatic heterocycles. The van der Waals surface area contributed by atoms with Crippen molar-refractivity contribution in [2.24, 2.45) is 0 Å². The lowest BCUT2D eigenvalue weighted by molar-refractivity contribution is 0.504. The van der Waals surface area contributed by atoms with E-state index in [0.717, 1.165) is 37.7 Å². The smallest absolute Gasteiger partial charge is 0.224 e. The first-order valence-corrected chi connectivity index (χ1v) is 8.43. The summed E-state index contributed by atoms with van der Waals surface area (Å²) in [5, 5.41) is 0.376. The molecule has 3 rings (SSSR count). The van der Waals surface area contributed by atoms with E-state index in [2.05, 4.69) is 28.9 Å². The number of nitrogens with zero attached hydrogens (tertiary/aromatic N) is 4. The molecule has 2 aliphatic rings. The monoisotopic (exact) mass is 316 g/mol. The van der Waals surface area contributed by atoms with Gasteiger partial charge in [-0.25, -0.2) is 9.97 Å². The average Bonchev–Trinajstić information content (AvgIpc) is 3.11. The third-order valence-electron chi connectivity index (χ3n) is 3.16. The summed E-state index contributed by atoms with van der Waals surface area (Å²) in [5.41, 5.74) is 2.33. The van der Waals surface area contributed by atoms with Gasteiger partial charge in [-0.1, -0.05) is 37.1 Å². The fraction of sp³-hybridized carbons (Fsp3) is 0.714. The Labute approximate surface area is 130 Å². The van der Waals surface area contributed by atoms with E-state index in [1.165, 1.54) is 18.4 Å². The number of rotatable bonds is 1. The lowest BCUT2D eigenvalue weighted by atomic mass is 10.2. The molecule has 1 saturated heterocycles. The Morgan fingerprint density at radius 3 is 2.20 bits per heavy atom. The Bertz CT molecular complexity index is 422. The van der Waals surface area contributed by atoms with Gasteiger partial charge < -0.3 is 4.90 Å². The topological polar surface area (TPSA) is 32.3 Å². The van der Waals surface area contributed by atoms with E-state index in [9.17, 15) is 0 Å². The molecule has 0 saturated carbocycles. The highest BCUT2D eigenvalue weighted by molar-refractivity contribution is 7.13. The van der Waals surface area contributed by atoms with Crippen molar-refractivity contribution < 1.29 is 0 Å². The van der Waals surface area contributed by atoms with E-state index in [0.29, 0.717) is 5.28 Å². The Morgan fingerprint density at radius 2 is 1.60 bits per heavy atom. The minimum absolute atomic E-state index is 0.376. The molecule has 0 bridgehead atoms. The molecule has 3 heterocycles. The van der Waals surface area contributed by atoms with Gasteiger partial charge in [0.2, 0.25) is 5.28 Å². The number of anilines is 1. The molecule has 0 amide bonds. The minimum atomic E-state index is 0.376. The largest absolute Gasteiger partial charge is 0.356 e. The van der Waals surface area contributed by atoms with Crippen LogP contribution in [-0.4, -0.2) is 27.7 Å². The normalized spacial score (nSPS) is 17.0. The molecule has 1 unspecified atom stereocenters. The van der Waals surface area contributed by atoms with Gasteiger partial charge in [0.15, 0.2) is 0 Å².